The third-order valence-corrected chi connectivity index (χ3v) is 7.60. The Labute approximate surface area is 177 Å². The van der Waals surface area contributed by atoms with E-state index in [-0.39, 0.29) is 28.6 Å². The molecule has 2 fully saturated rings. The second-order valence-electron chi connectivity index (χ2n) is 8.33. The van der Waals surface area contributed by atoms with Crippen LogP contribution in [0.3, 0.4) is 0 Å². The smallest absolute Gasteiger partial charge is 0.261 e. The second kappa shape index (κ2) is 8.22. The van der Waals surface area contributed by atoms with Gasteiger partial charge in [0, 0.05) is 23.4 Å². The maximum absolute atomic E-state index is 12.8. The molecule has 0 saturated heterocycles. The van der Waals surface area contributed by atoms with Gasteiger partial charge in [-0.05, 0) is 62.4 Å². The van der Waals surface area contributed by atoms with Gasteiger partial charge in [-0.1, -0.05) is 30.7 Å². The highest BCUT2D eigenvalue weighted by Crippen LogP contribution is 2.40. The monoisotopic (exact) mass is 426 g/mol. The van der Waals surface area contributed by atoms with Crippen LogP contribution >= 0.6 is 0 Å². The van der Waals surface area contributed by atoms with Crippen LogP contribution in [0.1, 0.15) is 37.7 Å². The van der Waals surface area contributed by atoms with Crippen LogP contribution in [0.4, 0.5) is 11.4 Å². The lowest BCUT2D eigenvalue weighted by molar-refractivity contribution is -0.136. The lowest BCUT2D eigenvalue weighted by atomic mass is 9.67. The first-order valence-electron chi connectivity index (χ1n) is 10.4. The second-order valence-corrected chi connectivity index (χ2v) is 10.0. The molecular weight excluding hydrogens is 400 g/mol. The van der Waals surface area contributed by atoms with Crippen molar-refractivity contribution in [1.82, 2.24) is 0 Å². The van der Waals surface area contributed by atoms with Crippen molar-refractivity contribution < 1.29 is 18.0 Å². The molecule has 2 unspecified atom stereocenters. The van der Waals surface area contributed by atoms with Crippen molar-refractivity contribution in [2.75, 3.05) is 10.0 Å². The van der Waals surface area contributed by atoms with Gasteiger partial charge in [-0.2, -0.15) is 0 Å². The van der Waals surface area contributed by atoms with Gasteiger partial charge in [0.25, 0.3) is 10.0 Å². The molecule has 2 aromatic rings. The van der Waals surface area contributed by atoms with Crippen LogP contribution in [0.2, 0.25) is 0 Å². The van der Waals surface area contributed by atoms with Crippen molar-refractivity contribution in [2.24, 2.45) is 17.8 Å². The van der Waals surface area contributed by atoms with Gasteiger partial charge < -0.3 is 5.32 Å². The molecule has 0 radical (unpaired) electrons. The van der Waals surface area contributed by atoms with Crippen molar-refractivity contribution in [1.29, 1.82) is 0 Å². The molecule has 6 nitrogen and oxygen atoms in total. The summed E-state index contributed by atoms with van der Waals surface area (Å²) in [5.41, 5.74) is 1.72. The fraction of sp³-hybridized carbons (Fsp3) is 0.391. The number of rotatable bonds is 5. The van der Waals surface area contributed by atoms with E-state index in [4.69, 9.17) is 0 Å². The van der Waals surface area contributed by atoms with Gasteiger partial charge >= 0.3 is 0 Å². The Kier molecular flexibility index (Phi) is 5.64. The molecule has 0 heterocycles. The number of carbonyl (C=O) groups excluding carboxylic acids is 2. The molecule has 30 heavy (non-hydrogen) atoms. The van der Waals surface area contributed by atoms with Gasteiger partial charge in [0.1, 0.15) is 5.78 Å². The number of sulfonamides is 1. The van der Waals surface area contributed by atoms with Crippen molar-refractivity contribution >= 4 is 33.1 Å². The van der Waals surface area contributed by atoms with E-state index in [2.05, 4.69) is 10.0 Å². The number of hydrogen-bond acceptors (Lipinski definition) is 4. The molecule has 2 aliphatic carbocycles. The lowest BCUT2D eigenvalue weighted by Gasteiger charge is -2.36. The summed E-state index contributed by atoms with van der Waals surface area (Å²) in [5, 5.41) is 2.92. The fourth-order valence-corrected chi connectivity index (χ4v) is 5.69. The number of fused-ring (bicyclic) bond motifs is 2. The van der Waals surface area contributed by atoms with E-state index < -0.39 is 10.0 Å². The zero-order valence-corrected chi connectivity index (χ0v) is 17.7. The van der Waals surface area contributed by atoms with Gasteiger partial charge in [-0.3, -0.25) is 14.3 Å². The molecule has 2 bridgehead atoms. The molecule has 2 aromatic carbocycles. The molecule has 2 saturated carbocycles. The minimum atomic E-state index is -3.72. The average molecular weight is 427 g/mol. The van der Waals surface area contributed by atoms with Gasteiger partial charge in [0.15, 0.2) is 0 Å². The van der Waals surface area contributed by atoms with Crippen LogP contribution in [-0.4, -0.2) is 20.1 Å². The molecule has 0 aromatic heterocycles. The molecule has 1 amide bonds. The minimum Gasteiger partial charge on any atom is -0.326 e. The Balaban J connectivity index is 1.48. The molecule has 158 valence electrons. The van der Waals surface area contributed by atoms with Gasteiger partial charge in [0.2, 0.25) is 5.91 Å². The zero-order chi connectivity index (χ0) is 21.3. The number of aryl methyl sites for hydroxylation is 1. The highest BCUT2D eigenvalue weighted by Gasteiger charge is 2.41. The van der Waals surface area contributed by atoms with Crippen LogP contribution in [0.25, 0.3) is 0 Å². The van der Waals surface area contributed by atoms with Crippen LogP contribution in [0.5, 0.6) is 0 Å². The van der Waals surface area contributed by atoms with Crippen molar-refractivity contribution in [3.05, 3.63) is 54.1 Å². The molecule has 7 heteroatoms. The van der Waals surface area contributed by atoms with Gasteiger partial charge in [-0.15, -0.1) is 0 Å². The highest BCUT2D eigenvalue weighted by molar-refractivity contribution is 7.92. The Morgan fingerprint density at radius 2 is 1.67 bits per heavy atom. The topological polar surface area (TPSA) is 92.3 Å². The predicted octanol–water partition coefficient (Wildman–Crippen LogP) is 4.13. The molecule has 0 spiro atoms. The summed E-state index contributed by atoms with van der Waals surface area (Å²) in [5.74, 6) is 0.0844. The molecule has 2 N–H and O–H groups in total. The van der Waals surface area contributed by atoms with E-state index in [1.165, 1.54) is 12.1 Å². The number of benzene rings is 2. The standard InChI is InChI=1S/C23H26N2O4S/c1-15-10-11-19(14-21(15)25-30(28,29)20-8-3-2-4-9-20)24-23(27)18-12-16-6-5-7-17(13-18)22(16)26/h2-4,8-11,14,16-18,25H,5-7,12-13H2,1H3,(H,24,27). The molecule has 2 aliphatic rings. The van der Waals surface area contributed by atoms with E-state index in [0.29, 0.717) is 30.0 Å². The predicted molar refractivity (Wildman–Crippen MR) is 116 cm³/mol. The number of ketones is 1. The van der Waals surface area contributed by atoms with Crippen LogP contribution in [-0.2, 0) is 19.6 Å². The first kappa shape index (κ1) is 20.6. The molecule has 4 rings (SSSR count). The maximum atomic E-state index is 12.8. The van der Waals surface area contributed by atoms with Crippen LogP contribution < -0.4 is 10.0 Å². The Hall–Kier alpha value is -2.67. The summed E-state index contributed by atoms with van der Waals surface area (Å²) in [7, 11) is -3.72. The SMILES string of the molecule is Cc1ccc(NC(=O)C2CC3CCCC(C2)C3=O)cc1NS(=O)(=O)c1ccccc1. The van der Waals surface area contributed by atoms with Crippen LogP contribution in [0, 0.1) is 24.7 Å². The third-order valence-electron chi connectivity index (χ3n) is 6.22. The number of hydrogen-bond donors (Lipinski definition) is 2. The van der Waals surface area contributed by atoms with E-state index >= 15 is 0 Å². The van der Waals surface area contributed by atoms with Crippen molar-refractivity contribution in [3.8, 4) is 0 Å². The highest BCUT2D eigenvalue weighted by atomic mass is 32.2. The van der Waals surface area contributed by atoms with Gasteiger partial charge in [0.05, 0.1) is 10.6 Å². The number of anilines is 2. The van der Waals surface area contributed by atoms with Crippen molar-refractivity contribution in [2.45, 2.75) is 43.9 Å². The number of Topliss-reactive ketones (excluding diaryl/α,β-unsaturated/α-hetero) is 1. The summed E-state index contributed by atoms with van der Waals surface area (Å²) < 4.78 is 27.9. The minimum absolute atomic E-state index is 0.0134. The number of nitrogens with one attached hydrogen (secondary N) is 2. The zero-order valence-electron chi connectivity index (χ0n) is 16.9. The summed E-state index contributed by atoms with van der Waals surface area (Å²) in [6.07, 6.45) is 4.06. The average Bonchev–Trinajstić information content (AvgIpc) is 2.71. The Bertz CT molecular complexity index is 1050. The molecule has 2 atom stereocenters. The number of carbonyl (C=O) groups is 2. The van der Waals surface area contributed by atoms with Gasteiger partial charge in [-0.25, -0.2) is 8.42 Å². The first-order valence-corrected chi connectivity index (χ1v) is 11.8. The van der Waals surface area contributed by atoms with Crippen molar-refractivity contribution in [3.63, 3.8) is 0 Å². The lowest BCUT2D eigenvalue weighted by Crippen LogP contribution is -2.40. The Morgan fingerprint density at radius 1 is 1.00 bits per heavy atom. The maximum Gasteiger partial charge on any atom is 0.261 e. The quantitative estimate of drug-likeness (QED) is 0.752. The fourth-order valence-electron chi connectivity index (χ4n) is 4.55. The van der Waals surface area contributed by atoms with Crippen LogP contribution in [0.15, 0.2) is 53.4 Å². The summed E-state index contributed by atoms with van der Waals surface area (Å²) in [6, 6.07) is 13.3. The molecule has 0 aliphatic heterocycles. The summed E-state index contributed by atoms with van der Waals surface area (Å²) >= 11 is 0. The third kappa shape index (κ3) is 4.26. The number of amides is 1. The summed E-state index contributed by atoms with van der Waals surface area (Å²) in [4.78, 5) is 25.3. The Morgan fingerprint density at radius 3 is 2.33 bits per heavy atom. The van der Waals surface area contributed by atoms with E-state index in [0.717, 1.165) is 24.8 Å². The molecular formula is C23H26N2O4S. The first-order chi connectivity index (χ1) is 14.3. The summed E-state index contributed by atoms with van der Waals surface area (Å²) in [6.45, 7) is 1.81. The van der Waals surface area contributed by atoms with E-state index in [1.54, 1.807) is 36.4 Å². The normalized spacial score (nSPS) is 23.6. The largest absolute Gasteiger partial charge is 0.326 e. The van der Waals surface area contributed by atoms with E-state index in [1.807, 2.05) is 6.92 Å². The van der Waals surface area contributed by atoms with E-state index in [9.17, 15) is 18.0 Å².